The standard InChI is InChI=1S/C25H25N3O5S/c1-16-6-7-17(15-28-24(29)20-4-2-3-5-21(20)25(28)30)14-23(16)34(31,32)27-19-10-8-18(9-11-19)22-12-13-26-33-22/h6-14,20-21,27H,2-5,15H2,1H3. The highest BCUT2D eigenvalue weighted by atomic mass is 32.2. The molecule has 2 amide bonds. The van der Waals surface area contributed by atoms with Crippen LogP contribution in [0.1, 0.15) is 36.8 Å². The summed E-state index contributed by atoms with van der Waals surface area (Å²) >= 11 is 0. The number of anilines is 1. The zero-order valence-corrected chi connectivity index (χ0v) is 19.5. The highest BCUT2D eigenvalue weighted by Gasteiger charge is 2.47. The predicted octanol–water partition coefficient (Wildman–Crippen LogP) is 4.13. The maximum Gasteiger partial charge on any atom is 0.262 e. The molecule has 1 aliphatic heterocycles. The Morgan fingerprint density at radius 1 is 1.00 bits per heavy atom. The van der Waals surface area contributed by atoms with Gasteiger partial charge < -0.3 is 4.52 Å². The van der Waals surface area contributed by atoms with Crippen LogP contribution in [0.15, 0.2) is 64.1 Å². The molecule has 2 aromatic carbocycles. The smallest absolute Gasteiger partial charge is 0.262 e. The van der Waals surface area contributed by atoms with Crippen molar-refractivity contribution in [2.24, 2.45) is 11.8 Å². The molecule has 176 valence electrons. The van der Waals surface area contributed by atoms with Crippen LogP contribution in [0.4, 0.5) is 5.69 Å². The molecule has 2 fully saturated rings. The Balaban J connectivity index is 1.35. The third-order valence-corrected chi connectivity index (χ3v) is 8.20. The molecule has 0 bridgehead atoms. The molecule has 0 spiro atoms. The quantitative estimate of drug-likeness (QED) is 0.533. The fourth-order valence-corrected chi connectivity index (χ4v) is 6.23. The summed E-state index contributed by atoms with van der Waals surface area (Å²) < 4.78 is 34.1. The summed E-state index contributed by atoms with van der Waals surface area (Å²) in [6, 6.07) is 13.5. The molecule has 0 radical (unpaired) electrons. The van der Waals surface area contributed by atoms with Gasteiger partial charge in [0.05, 0.1) is 29.5 Å². The van der Waals surface area contributed by atoms with Gasteiger partial charge in [-0.2, -0.15) is 0 Å². The number of fused-ring (bicyclic) bond motifs is 1. The predicted molar refractivity (Wildman–Crippen MR) is 125 cm³/mol. The van der Waals surface area contributed by atoms with E-state index in [9.17, 15) is 18.0 Å². The Labute approximate surface area is 198 Å². The van der Waals surface area contributed by atoms with E-state index in [0.717, 1.165) is 31.2 Å². The summed E-state index contributed by atoms with van der Waals surface area (Å²) in [6.07, 6.45) is 4.97. The number of carbonyl (C=O) groups excluding carboxylic acids is 2. The molecule has 3 aromatic rings. The van der Waals surface area contributed by atoms with E-state index in [2.05, 4.69) is 9.88 Å². The van der Waals surface area contributed by atoms with Gasteiger partial charge in [0.1, 0.15) is 0 Å². The van der Waals surface area contributed by atoms with Crippen LogP contribution in [0.3, 0.4) is 0 Å². The molecule has 5 rings (SSSR count). The average Bonchev–Trinajstić information content (AvgIpc) is 3.45. The average molecular weight is 480 g/mol. The summed E-state index contributed by atoms with van der Waals surface area (Å²) in [5, 5.41) is 3.67. The molecule has 2 atom stereocenters. The number of carbonyl (C=O) groups is 2. The molecule has 2 aliphatic rings. The third-order valence-electron chi connectivity index (χ3n) is 6.67. The number of rotatable bonds is 6. The van der Waals surface area contributed by atoms with Crippen LogP contribution in [0.2, 0.25) is 0 Å². The van der Waals surface area contributed by atoms with Gasteiger partial charge in [0.15, 0.2) is 5.76 Å². The monoisotopic (exact) mass is 479 g/mol. The van der Waals surface area contributed by atoms with Gasteiger partial charge in [-0.1, -0.05) is 30.1 Å². The van der Waals surface area contributed by atoms with E-state index in [4.69, 9.17) is 4.52 Å². The van der Waals surface area contributed by atoms with Crippen LogP contribution in [-0.2, 0) is 26.2 Å². The number of amides is 2. The Kier molecular flexibility index (Phi) is 5.73. The van der Waals surface area contributed by atoms with Crippen LogP contribution in [0.25, 0.3) is 11.3 Å². The van der Waals surface area contributed by atoms with E-state index in [0.29, 0.717) is 22.6 Å². The van der Waals surface area contributed by atoms with Gasteiger partial charge >= 0.3 is 0 Å². The number of aromatic nitrogens is 1. The van der Waals surface area contributed by atoms with E-state index in [1.165, 1.54) is 4.90 Å². The number of nitrogens with zero attached hydrogens (tertiary/aromatic N) is 2. The van der Waals surface area contributed by atoms with Gasteiger partial charge in [0, 0.05) is 17.3 Å². The lowest BCUT2D eigenvalue weighted by Gasteiger charge is -2.19. The van der Waals surface area contributed by atoms with Crippen molar-refractivity contribution in [2.75, 3.05) is 4.72 Å². The zero-order valence-electron chi connectivity index (χ0n) is 18.7. The van der Waals surface area contributed by atoms with Crippen molar-refractivity contribution >= 4 is 27.5 Å². The highest BCUT2D eigenvalue weighted by Crippen LogP contribution is 2.38. The van der Waals surface area contributed by atoms with E-state index >= 15 is 0 Å². The second-order valence-electron chi connectivity index (χ2n) is 8.92. The summed E-state index contributed by atoms with van der Waals surface area (Å²) in [6.45, 7) is 1.80. The number of nitrogens with one attached hydrogen (secondary N) is 1. The molecule has 9 heteroatoms. The van der Waals surface area contributed by atoms with Crippen LogP contribution in [-0.4, -0.2) is 30.3 Å². The normalized spacial score (nSPS) is 20.4. The summed E-state index contributed by atoms with van der Waals surface area (Å²) in [5.41, 5.74) is 2.36. The first kappa shape index (κ1) is 22.3. The molecule has 2 heterocycles. The van der Waals surface area contributed by atoms with Crippen molar-refractivity contribution in [3.63, 3.8) is 0 Å². The molecule has 1 aliphatic carbocycles. The molecule has 1 saturated carbocycles. The van der Waals surface area contributed by atoms with Crippen molar-refractivity contribution in [2.45, 2.75) is 44.0 Å². The second-order valence-corrected chi connectivity index (χ2v) is 10.6. The summed E-state index contributed by atoms with van der Waals surface area (Å²) in [5.74, 6) is -0.133. The Morgan fingerprint density at radius 2 is 1.68 bits per heavy atom. The Bertz CT molecular complexity index is 1310. The van der Waals surface area contributed by atoms with Gasteiger partial charge in [-0.3, -0.25) is 19.2 Å². The topological polar surface area (TPSA) is 110 Å². The van der Waals surface area contributed by atoms with Crippen LogP contribution >= 0.6 is 0 Å². The molecule has 1 N–H and O–H groups in total. The fourth-order valence-electron chi connectivity index (χ4n) is 4.88. The number of benzene rings is 2. The Hall–Kier alpha value is -3.46. The minimum atomic E-state index is -3.89. The number of hydrogen-bond acceptors (Lipinski definition) is 6. The first-order valence-corrected chi connectivity index (χ1v) is 12.8. The van der Waals surface area contributed by atoms with Crippen molar-refractivity contribution in [1.29, 1.82) is 0 Å². The van der Waals surface area contributed by atoms with Crippen LogP contribution < -0.4 is 4.72 Å². The van der Waals surface area contributed by atoms with Gasteiger partial charge in [-0.05, 0) is 61.2 Å². The number of likely N-dealkylation sites (tertiary alicyclic amines) is 1. The summed E-state index contributed by atoms with van der Waals surface area (Å²) in [7, 11) is -3.89. The van der Waals surface area contributed by atoms with E-state index in [1.54, 1.807) is 61.7 Å². The SMILES string of the molecule is Cc1ccc(CN2C(=O)C3CCCCC3C2=O)cc1S(=O)(=O)Nc1ccc(-c2ccno2)cc1. The van der Waals surface area contributed by atoms with Crippen molar-refractivity contribution in [1.82, 2.24) is 10.1 Å². The number of hydrogen-bond donors (Lipinski definition) is 1. The molecule has 1 aromatic heterocycles. The summed E-state index contributed by atoms with van der Waals surface area (Å²) in [4.78, 5) is 27.1. The first-order chi connectivity index (χ1) is 16.3. The molecule has 34 heavy (non-hydrogen) atoms. The van der Waals surface area contributed by atoms with E-state index in [1.807, 2.05) is 0 Å². The second kappa shape index (κ2) is 8.72. The lowest BCUT2D eigenvalue weighted by Crippen LogP contribution is -2.30. The molecular formula is C25H25N3O5S. The van der Waals surface area contributed by atoms with E-state index < -0.39 is 10.0 Å². The molecular weight excluding hydrogens is 454 g/mol. The zero-order chi connectivity index (χ0) is 23.9. The third kappa shape index (κ3) is 4.11. The number of sulfonamides is 1. The maximum atomic E-state index is 13.2. The Morgan fingerprint density at radius 3 is 2.29 bits per heavy atom. The lowest BCUT2D eigenvalue weighted by atomic mass is 9.81. The van der Waals surface area contributed by atoms with Crippen molar-refractivity contribution in [3.05, 3.63) is 65.9 Å². The minimum Gasteiger partial charge on any atom is -0.356 e. The van der Waals surface area contributed by atoms with Gasteiger partial charge in [-0.15, -0.1) is 0 Å². The molecule has 2 unspecified atom stereocenters. The largest absolute Gasteiger partial charge is 0.356 e. The van der Waals surface area contributed by atoms with Crippen LogP contribution in [0.5, 0.6) is 0 Å². The van der Waals surface area contributed by atoms with E-state index in [-0.39, 0.29) is 35.1 Å². The van der Waals surface area contributed by atoms with Crippen LogP contribution in [0, 0.1) is 18.8 Å². The lowest BCUT2D eigenvalue weighted by molar-refractivity contribution is -0.140. The molecule has 1 saturated heterocycles. The first-order valence-electron chi connectivity index (χ1n) is 11.3. The number of aryl methyl sites for hydroxylation is 1. The van der Waals surface area contributed by atoms with Crippen molar-refractivity contribution < 1.29 is 22.5 Å². The van der Waals surface area contributed by atoms with Gasteiger partial charge in [-0.25, -0.2) is 8.42 Å². The fraction of sp³-hybridized carbons (Fsp3) is 0.320. The maximum absolute atomic E-state index is 13.2. The highest BCUT2D eigenvalue weighted by molar-refractivity contribution is 7.92. The minimum absolute atomic E-state index is 0.0827. The van der Waals surface area contributed by atoms with Gasteiger partial charge in [0.25, 0.3) is 10.0 Å². The molecule has 8 nitrogen and oxygen atoms in total. The van der Waals surface area contributed by atoms with Crippen molar-refractivity contribution in [3.8, 4) is 11.3 Å². The van der Waals surface area contributed by atoms with Gasteiger partial charge in [0.2, 0.25) is 11.8 Å². The number of imide groups is 1.